The predicted octanol–water partition coefficient (Wildman–Crippen LogP) is 9.83. The second-order valence-electron chi connectivity index (χ2n) is 13.9. The van der Waals surface area contributed by atoms with Gasteiger partial charge in [0, 0.05) is 30.0 Å². The zero-order valence-corrected chi connectivity index (χ0v) is 38.2. The first-order valence-electron chi connectivity index (χ1n) is 17.4. The van der Waals surface area contributed by atoms with Gasteiger partial charge in [0.05, 0.1) is 41.6 Å². The van der Waals surface area contributed by atoms with Crippen molar-refractivity contribution in [1.82, 2.24) is 19.9 Å². The Bertz CT molecular complexity index is 2180. The molecule has 4 aromatic rings. The Kier molecular flexibility index (Phi) is 22.1. The molecule has 0 bridgehead atoms. The third-order valence-corrected chi connectivity index (χ3v) is 14.6. The summed E-state index contributed by atoms with van der Waals surface area (Å²) in [4.78, 5) is 48.6. The molecule has 0 amide bonds. The second-order valence-corrected chi connectivity index (χ2v) is 24.1. The molecule has 4 rings (SSSR count). The normalized spacial score (nSPS) is 11.5. The van der Waals surface area contributed by atoms with Crippen LogP contribution < -0.4 is 4.23 Å². The summed E-state index contributed by atoms with van der Waals surface area (Å²) in [5, 5.41) is 15.5. The van der Waals surface area contributed by atoms with Gasteiger partial charge in [-0.05, 0) is 89.5 Å². The topological polar surface area (TPSA) is 204 Å². The van der Waals surface area contributed by atoms with Crippen molar-refractivity contribution in [3.63, 3.8) is 0 Å². The smallest absolute Gasteiger partial charge is 0.753 e. The van der Waals surface area contributed by atoms with E-state index in [1.165, 1.54) is 30.1 Å². The van der Waals surface area contributed by atoms with Crippen LogP contribution in [0.1, 0.15) is 22.4 Å². The van der Waals surface area contributed by atoms with Gasteiger partial charge in [-0.1, -0.05) is 51.5 Å². The summed E-state index contributed by atoms with van der Waals surface area (Å²) in [5.74, 6) is 0. The third-order valence-electron chi connectivity index (χ3n) is 7.34. The maximum Gasteiger partial charge on any atom is 2.00 e. The number of hydrogen-bond donors (Lipinski definition) is 1. The van der Waals surface area contributed by atoms with Crippen LogP contribution in [-0.2, 0) is 48.1 Å². The molecule has 4 heterocycles. The van der Waals surface area contributed by atoms with Crippen LogP contribution >= 0.6 is 12.2 Å². The molecule has 0 spiro atoms. The van der Waals surface area contributed by atoms with Gasteiger partial charge in [-0.2, -0.15) is 18.3 Å². The van der Waals surface area contributed by atoms with Crippen LogP contribution in [0.4, 0.5) is 18.9 Å². The van der Waals surface area contributed by atoms with Gasteiger partial charge in [-0.3, -0.25) is 34.7 Å². The first-order valence-corrected chi connectivity index (χ1v) is 24.7. The summed E-state index contributed by atoms with van der Waals surface area (Å²) < 4.78 is 53.7. The molecule has 0 aromatic carbocycles. The molecule has 0 saturated heterocycles. The molecule has 320 valence electrons. The number of alkyl halides is 3. The minimum Gasteiger partial charge on any atom is -0.753 e. The van der Waals surface area contributed by atoms with Crippen molar-refractivity contribution in [2.24, 2.45) is 0 Å². The van der Waals surface area contributed by atoms with Gasteiger partial charge in [0.25, 0.3) is 19.4 Å². The van der Waals surface area contributed by atoms with E-state index >= 15 is 0 Å². The molecule has 61 heavy (non-hydrogen) atoms. The van der Waals surface area contributed by atoms with Crippen molar-refractivity contribution in [3.8, 4) is 22.8 Å². The number of carbonyl (C=O) groups excluding carboxylic acids is 3. The summed E-state index contributed by atoms with van der Waals surface area (Å²) >= 11 is 3.70. The first kappa shape index (κ1) is 52.9. The van der Waals surface area contributed by atoms with Gasteiger partial charge in [-0.15, -0.1) is 5.70 Å². The molecule has 0 aliphatic rings. The zero-order chi connectivity index (χ0) is 44.9. The number of halogens is 3. The molecule has 14 nitrogen and oxygen atoms in total. The number of isothiocyanates is 1. The average Bonchev–Trinajstić information content (AvgIpc) is 3.17. The number of ether oxygens (including phenoxy) is 3. The number of aromatic nitrogens is 4. The van der Waals surface area contributed by atoms with E-state index in [1.54, 1.807) is 73.1 Å². The minimum atomic E-state index is -4.76. The summed E-state index contributed by atoms with van der Waals surface area (Å²) in [6.07, 6.45) is 9.06. The number of thiocarbonyl (C=S) groups is 1. The Morgan fingerprint density at radius 1 is 0.738 bits per heavy atom. The van der Waals surface area contributed by atoms with Gasteiger partial charge in [0.15, 0.2) is 0 Å². The molecular weight excluding hydrogens is 935 g/mol. The van der Waals surface area contributed by atoms with Crippen molar-refractivity contribution in [3.05, 3.63) is 126 Å². The number of hydrogen-bond acceptors (Lipinski definition) is 13. The molecule has 0 atom stereocenters. The van der Waals surface area contributed by atoms with Crippen molar-refractivity contribution in [1.29, 1.82) is 5.41 Å². The van der Waals surface area contributed by atoms with Crippen molar-refractivity contribution < 1.29 is 61.2 Å². The first-order chi connectivity index (χ1) is 28.3. The predicted molar refractivity (Wildman–Crippen MR) is 235 cm³/mol. The Labute approximate surface area is 371 Å². The third kappa shape index (κ3) is 18.4. The van der Waals surface area contributed by atoms with Crippen molar-refractivity contribution >= 4 is 88.6 Å². The van der Waals surface area contributed by atoms with E-state index in [4.69, 9.17) is 16.6 Å². The Balaban J connectivity index is 0.000000590. The Morgan fingerprint density at radius 3 is 1.52 bits per heavy atom. The van der Waals surface area contributed by atoms with Crippen LogP contribution in [0.25, 0.3) is 57.8 Å². The maximum absolute atomic E-state index is 12.5. The molecular formula is C40H41F3N8O6RuSSi2. The molecule has 4 aromatic heterocycles. The molecule has 0 fully saturated rings. The fourth-order valence-corrected chi connectivity index (χ4v) is 15.4. The summed E-state index contributed by atoms with van der Waals surface area (Å²) in [6.45, 7) is 14.2. The largest absolute Gasteiger partial charge is 2.00 e. The molecule has 0 aliphatic carbocycles. The minimum absolute atomic E-state index is 0. The standard InChI is InChI=1S/C24H17N3O6.C15H24F3N4Si2.CNS.Ru/c28-15-31-8-3-18-1-6-25-21(11-18)23-13-20(5-10-33-17-30)14-24(27-23)22-12-19(2-7-26-22)4-9-32-16-29;1-23(2,3)22(24(4,5)6)11-7-8-21-13(9-11)12(19)10-14(20)15(16,17)18;2-1-3;/h1-17H;7-10,19-20H,1-6H3;;/q;2*-1;+2/b8-3+,9-4+,10-5+;12-10-,20-14?;;. The Hall–Kier alpha value is -6.11. The van der Waals surface area contributed by atoms with E-state index in [1.807, 2.05) is 6.07 Å². The summed E-state index contributed by atoms with van der Waals surface area (Å²) in [5.41, 5.74) is 11.3. The van der Waals surface area contributed by atoms with Crippen LogP contribution in [0.2, 0.25) is 39.3 Å². The molecule has 21 heteroatoms. The maximum atomic E-state index is 12.5. The second kappa shape index (κ2) is 25.5. The molecule has 0 aliphatic heterocycles. The van der Waals surface area contributed by atoms with E-state index in [2.05, 4.69) is 89.9 Å². The number of pyridine rings is 4. The Morgan fingerprint density at radius 2 is 1.13 bits per heavy atom. The molecule has 0 saturated carbocycles. The van der Waals surface area contributed by atoms with Gasteiger partial charge in [0.1, 0.15) is 22.2 Å². The van der Waals surface area contributed by atoms with E-state index in [-0.39, 0.29) is 25.2 Å². The van der Waals surface area contributed by atoms with E-state index < -0.39 is 34.1 Å². The zero-order valence-electron chi connectivity index (χ0n) is 33.7. The fourth-order valence-electron chi connectivity index (χ4n) is 5.53. The quantitative estimate of drug-likeness (QED) is 0.0278. The van der Waals surface area contributed by atoms with E-state index in [9.17, 15) is 27.6 Å². The number of rotatable bonds is 16. The molecule has 0 unspecified atom stereocenters. The van der Waals surface area contributed by atoms with Crippen molar-refractivity contribution in [2.75, 3.05) is 4.23 Å². The number of allylic oxidation sites excluding steroid dienone is 1. The molecule has 0 radical (unpaired) electrons. The van der Waals surface area contributed by atoms with Crippen molar-refractivity contribution in [2.45, 2.75) is 45.5 Å². The number of anilines is 1. The van der Waals surface area contributed by atoms with Crippen LogP contribution in [-0.4, -0.2) is 72.9 Å². The fraction of sp³-hybridized carbons (Fsp3) is 0.175. The SMILES string of the molecule is C[Si](C)(C)N(c1ccnc(/C([NH-])=C/C(=N)C(F)(F)F)c1)[Si](C)(C)C.O=CO/C=C/c1ccnc(-c2cc(/C=C/OC=O)cc(-c3cc(/C=C/OC=O)ccn3)n2)c1.[N-]=C=S.[Ru+2]. The van der Waals surface area contributed by atoms with E-state index in [0.717, 1.165) is 16.8 Å². The number of carbonyl (C=O) groups is 3. The van der Waals surface area contributed by atoms with Gasteiger partial charge >= 0.3 is 25.7 Å². The van der Waals surface area contributed by atoms with Gasteiger partial charge < -0.3 is 29.6 Å². The van der Waals surface area contributed by atoms with E-state index in [0.29, 0.717) is 53.8 Å². The monoisotopic (exact) mass is 976 g/mol. The summed E-state index contributed by atoms with van der Waals surface area (Å²) in [6, 6.07) is 14.1. The van der Waals surface area contributed by atoms with Crippen LogP contribution in [0, 0.1) is 5.41 Å². The average molecular weight is 976 g/mol. The van der Waals surface area contributed by atoms with Gasteiger partial charge in [0.2, 0.25) is 0 Å². The molecule has 2 N–H and O–H groups in total. The van der Waals surface area contributed by atoms with Gasteiger partial charge in [-0.25, -0.2) is 4.98 Å². The van der Waals surface area contributed by atoms with Crippen LogP contribution in [0.5, 0.6) is 0 Å². The van der Waals surface area contributed by atoms with Crippen LogP contribution in [0.15, 0.2) is 92.0 Å². The van der Waals surface area contributed by atoms with Crippen LogP contribution in [0.3, 0.4) is 0 Å². The number of nitrogens with zero attached hydrogens (tertiary/aromatic N) is 6. The number of nitrogens with one attached hydrogen (secondary N) is 2. The summed E-state index contributed by atoms with van der Waals surface area (Å²) in [7, 11) is -3.44.